The Bertz CT molecular complexity index is 1060. The van der Waals surface area contributed by atoms with Gasteiger partial charge in [-0.05, 0) is 49.3 Å². The molecule has 3 rings (SSSR count). The number of carbonyl (C=O) groups is 2. The van der Waals surface area contributed by atoms with E-state index >= 15 is 0 Å². The summed E-state index contributed by atoms with van der Waals surface area (Å²) in [5.41, 5.74) is 2.39. The minimum Gasteiger partial charge on any atom is -0.489 e. The Morgan fingerprint density at radius 1 is 1.10 bits per heavy atom. The molecule has 0 atom stereocenters. The molecule has 0 spiro atoms. The minimum atomic E-state index is -0.544. The monoisotopic (exact) mass is 406 g/mol. The highest BCUT2D eigenvalue weighted by molar-refractivity contribution is 6.31. The summed E-state index contributed by atoms with van der Waals surface area (Å²) in [6, 6.07) is 16.6. The molecule has 146 valence electrons. The van der Waals surface area contributed by atoms with Crippen molar-refractivity contribution < 1.29 is 14.3 Å². The first-order valence-corrected chi connectivity index (χ1v) is 9.49. The van der Waals surface area contributed by atoms with Gasteiger partial charge in [0.2, 0.25) is 0 Å². The van der Waals surface area contributed by atoms with Crippen LogP contribution in [0.1, 0.15) is 25.0 Å². The first kappa shape index (κ1) is 20.4. The molecular weight excluding hydrogens is 388 g/mol. The van der Waals surface area contributed by atoms with Crippen molar-refractivity contribution in [1.82, 2.24) is 4.90 Å². The van der Waals surface area contributed by atoms with Gasteiger partial charge >= 0.3 is 0 Å². The van der Waals surface area contributed by atoms with Crippen molar-refractivity contribution in [3.05, 3.63) is 81.4 Å². The van der Waals surface area contributed by atoms with E-state index in [1.807, 2.05) is 42.5 Å². The van der Waals surface area contributed by atoms with Gasteiger partial charge in [0.05, 0.1) is 0 Å². The fourth-order valence-electron chi connectivity index (χ4n) is 3.02. The maximum Gasteiger partial charge on any atom is 0.271 e. The highest BCUT2D eigenvalue weighted by Gasteiger charge is 2.34. The van der Waals surface area contributed by atoms with Crippen LogP contribution in [0.5, 0.6) is 5.75 Å². The second-order valence-corrected chi connectivity index (χ2v) is 6.88. The molecule has 0 N–H and O–H groups in total. The van der Waals surface area contributed by atoms with Crippen LogP contribution in [0.15, 0.2) is 65.3 Å². The van der Waals surface area contributed by atoms with E-state index in [0.717, 1.165) is 16.0 Å². The van der Waals surface area contributed by atoms with E-state index in [4.69, 9.17) is 16.3 Å². The largest absolute Gasteiger partial charge is 0.489 e. The molecule has 0 saturated carbocycles. The van der Waals surface area contributed by atoms with E-state index in [1.54, 1.807) is 32.1 Å². The number of imide groups is 1. The summed E-state index contributed by atoms with van der Waals surface area (Å²) in [4.78, 5) is 26.0. The Hall–Kier alpha value is -3.36. The maximum atomic E-state index is 12.7. The van der Waals surface area contributed by atoms with E-state index in [9.17, 15) is 14.9 Å². The average molecular weight is 407 g/mol. The number of benzene rings is 2. The maximum absolute atomic E-state index is 12.7. The summed E-state index contributed by atoms with van der Waals surface area (Å²) in [6.45, 7) is 3.88. The molecule has 0 aromatic heterocycles. The predicted octanol–water partition coefficient (Wildman–Crippen LogP) is 4.53. The lowest BCUT2D eigenvalue weighted by atomic mass is 9.94. The quantitative estimate of drug-likeness (QED) is 0.540. The number of hydrogen-bond acceptors (Lipinski definition) is 4. The summed E-state index contributed by atoms with van der Waals surface area (Å²) < 4.78 is 5.77. The van der Waals surface area contributed by atoms with Crippen molar-refractivity contribution in [3.63, 3.8) is 0 Å². The molecule has 1 aliphatic heterocycles. The van der Waals surface area contributed by atoms with Gasteiger partial charge in [-0.1, -0.05) is 41.9 Å². The lowest BCUT2D eigenvalue weighted by molar-refractivity contribution is -0.140. The smallest absolute Gasteiger partial charge is 0.271 e. The molecule has 0 aliphatic carbocycles. The van der Waals surface area contributed by atoms with Gasteiger partial charge in [-0.3, -0.25) is 14.5 Å². The Kier molecular flexibility index (Phi) is 6.16. The van der Waals surface area contributed by atoms with Crippen molar-refractivity contribution in [3.8, 4) is 11.8 Å². The molecule has 1 aliphatic rings. The fourth-order valence-corrected chi connectivity index (χ4v) is 3.21. The van der Waals surface area contributed by atoms with Crippen LogP contribution in [-0.4, -0.2) is 23.3 Å². The van der Waals surface area contributed by atoms with Crippen LogP contribution in [0.25, 0.3) is 6.08 Å². The minimum absolute atomic E-state index is 0.00241. The van der Waals surface area contributed by atoms with E-state index in [-0.39, 0.29) is 12.1 Å². The number of halogens is 1. The molecule has 0 bridgehead atoms. The molecule has 0 radical (unpaired) electrons. The molecule has 0 unspecified atom stereocenters. The van der Waals surface area contributed by atoms with Gasteiger partial charge in [-0.25, -0.2) is 0 Å². The highest BCUT2D eigenvalue weighted by atomic mass is 35.5. The molecule has 1 heterocycles. The number of nitrogens with zero attached hydrogens (tertiary/aromatic N) is 2. The first-order valence-electron chi connectivity index (χ1n) is 9.11. The molecule has 29 heavy (non-hydrogen) atoms. The second-order valence-electron chi connectivity index (χ2n) is 6.47. The van der Waals surface area contributed by atoms with E-state index < -0.39 is 11.8 Å². The van der Waals surface area contributed by atoms with Crippen LogP contribution in [-0.2, 0) is 16.2 Å². The fraction of sp³-hybridized carbons (Fsp3) is 0.174. The molecule has 0 saturated heterocycles. The molecule has 2 amide bonds. The molecule has 5 nitrogen and oxygen atoms in total. The van der Waals surface area contributed by atoms with Gasteiger partial charge in [0.25, 0.3) is 11.8 Å². The number of nitriles is 1. The van der Waals surface area contributed by atoms with Gasteiger partial charge in [0, 0.05) is 22.7 Å². The number of amides is 2. The van der Waals surface area contributed by atoms with Crippen LogP contribution in [0.3, 0.4) is 0 Å². The second kappa shape index (κ2) is 8.76. The summed E-state index contributed by atoms with van der Waals surface area (Å²) >= 11 is 6.13. The topological polar surface area (TPSA) is 70.4 Å². The van der Waals surface area contributed by atoms with Gasteiger partial charge < -0.3 is 4.74 Å². The summed E-state index contributed by atoms with van der Waals surface area (Å²) in [7, 11) is 0. The molecular formula is C23H19ClN2O3. The Morgan fingerprint density at radius 2 is 1.79 bits per heavy atom. The van der Waals surface area contributed by atoms with Crippen LogP contribution >= 0.6 is 11.6 Å². The zero-order valence-corrected chi connectivity index (χ0v) is 16.9. The van der Waals surface area contributed by atoms with Crippen LogP contribution in [0.2, 0.25) is 5.02 Å². The van der Waals surface area contributed by atoms with Gasteiger partial charge in [-0.2, -0.15) is 5.26 Å². The molecule has 2 aromatic rings. The van der Waals surface area contributed by atoms with Crippen molar-refractivity contribution >= 4 is 29.5 Å². The number of ether oxygens (including phenoxy) is 1. The van der Waals surface area contributed by atoms with Crippen LogP contribution < -0.4 is 4.74 Å². The molecule has 0 fully saturated rings. The third-order valence-electron chi connectivity index (χ3n) is 4.68. The SMILES string of the molecule is CCN1C(=O)C(C#N)=C(C)/C(=C\c2ccc(OCc3ccccc3Cl)cc2)C1=O. The zero-order chi connectivity index (χ0) is 21.0. The number of likely N-dealkylation sites (N-methyl/N-ethyl adjacent to an activating group) is 1. The normalized spacial score (nSPS) is 15.7. The Morgan fingerprint density at radius 3 is 2.41 bits per heavy atom. The van der Waals surface area contributed by atoms with E-state index in [0.29, 0.717) is 28.5 Å². The van der Waals surface area contributed by atoms with Crippen molar-refractivity contribution in [2.75, 3.05) is 6.54 Å². The molecule has 6 heteroatoms. The number of carbonyl (C=O) groups excluding carboxylic acids is 2. The van der Waals surface area contributed by atoms with Gasteiger partial charge in [-0.15, -0.1) is 0 Å². The van der Waals surface area contributed by atoms with Crippen LogP contribution in [0.4, 0.5) is 0 Å². The Balaban J connectivity index is 1.82. The third-order valence-corrected chi connectivity index (χ3v) is 5.05. The predicted molar refractivity (Wildman–Crippen MR) is 111 cm³/mol. The summed E-state index contributed by atoms with van der Waals surface area (Å²) in [5.74, 6) is -0.275. The van der Waals surface area contributed by atoms with Gasteiger partial charge in [0.1, 0.15) is 24.0 Å². The lowest BCUT2D eigenvalue weighted by Gasteiger charge is -2.26. The number of hydrogen-bond donors (Lipinski definition) is 0. The highest BCUT2D eigenvalue weighted by Crippen LogP contribution is 2.27. The standard InChI is InChI=1S/C23H19ClN2O3/c1-3-26-22(27)19(15(2)20(13-25)23(26)28)12-16-8-10-18(11-9-16)29-14-17-6-4-5-7-21(17)24/h4-12H,3,14H2,1-2H3/b19-12+. The van der Waals surface area contributed by atoms with Crippen molar-refractivity contribution in [2.45, 2.75) is 20.5 Å². The lowest BCUT2D eigenvalue weighted by Crippen LogP contribution is -2.42. The number of rotatable bonds is 5. The first-order chi connectivity index (χ1) is 14.0. The van der Waals surface area contributed by atoms with E-state index in [1.165, 1.54) is 0 Å². The van der Waals surface area contributed by atoms with Crippen LogP contribution in [0, 0.1) is 11.3 Å². The average Bonchev–Trinajstić information content (AvgIpc) is 2.72. The summed E-state index contributed by atoms with van der Waals surface area (Å²) in [6.07, 6.45) is 1.68. The Labute approximate surface area is 174 Å². The zero-order valence-electron chi connectivity index (χ0n) is 16.1. The third kappa shape index (κ3) is 4.23. The van der Waals surface area contributed by atoms with Gasteiger partial charge in [0.15, 0.2) is 0 Å². The van der Waals surface area contributed by atoms with Crippen molar-refractivity contribution in [2.24, 2.45) is 0 Å². The van der Waals surface area contributed by atoms with Crippen molar-refractivity contribution in [1.29, 1.82) is 5.26 Å². The summed E-state index contributed by atoms with van der Waals surface area (Å²) in [5, 5.41) is 9.95. The molecule has 2 aromatic carbocycles. The van der Waals surface area contributed by atoms with E-state index in [2.05, 4.69) is 0 Å².